The molecular formula is C11H13N5O2. The first-order chi connectivity index (χ1) is 8.75. The average Bonchev–Trinajstić information content (AvgIpc) is 2.83. The highest BCUT2D eigenvalue weighted by Crippen LogP contribution is 2.19. The number of fused-ring (bicyclic) bond motifs is 1. The van der Waals surface area contributed by atoms with E-state index in [-0.39, 0.29) is 5.69 Å². The third kappa shape index (κ3) is 1.78. The Morgan fingerprint density at radius 1 is 1.39 bits per heavy atom. The van der Waals surface area contributed by atoms with E-state index in [1.54, 1.807) is 23.0 Å². The molecule has 1 saturated heterocycles. The molecule has 1 amide bonds. The Balaban J connectivity index is 2.07. The number of hydrogen-bond donors (Lipinski definition) is 1. The lowest BCUT2D eigenvalue weighted by molar-refractivity contribution is 0.0996. The summed E-state index contributed by atoms with van der Waals surface area (Å²) in [5, 5.41) is 0. The number of aromatic nitrogens is 3. The second-order valence-corrected chi connectivity index (χ2v) is 4.07. The van der Waals surface area contributed by atoms with Crippen LogP contribution >= 0.6 is 0 Å². The summed E-state index contributed by atoms with van der Waals surface area (Å²) < 4.78 is 7.07. The summed E-state index contributed by atoms with van der Waals surface area (Å²) in [6.07, 6.45) is 5.05. The fourth-order valence-corrected chi connectivity index (χ4v) is 2.02. The maximum absolute atomic E-state index is 11.2. The highest BCUT2D eigenvalue weighted by atomic mass is 16.5. The van der Waals surface area contributed by atoms with Crippen LogP contribution < -0.4 is 10.6 Å². The van der Waals surface area contributed by atoms with Gasteiger partial charge in [-0.3, -0.25) is 4.79 Å². The number of rotatable bonds is 2. The molecule has 0 saturated carbocycles. The Morgan fingerprint density at radius 3 is 2.89 bits per heavy atom. The average molecular weight is 247 g/mol. The van der Waals surface area contributed by atoms with Crippen LogP contribution in [-0.4, -0.2) is 46.6 Å². The molecule has 0 spiro atoms. The molecule has 0 radical (unpaired) electrons. The van der Waals surface area contributed by atoms with Crippen LogP contribution in [0.15, 0.2) is 18.6 Å². The maximum Gasteiger partial charge on any atom is 0.268 e. The van der Waals surface area contributed by atoms with Crippen molar-refractivity contribution in [1.29, 1.82) is 0 Å². The number of anilines is 1. The largest absolute Gasteiger partial charge is 0.378 e. The fraction of sp³-hybridized carbons (Fsp3) is 0.364. The first-order valence-corrected chi connectivity index (χ1v) is 5.72. The third-order valence-electron chi connectivity index (χ3n) is 2.92. The van der Waals surface area contributed by atoms with Gasteiger partial charge < -0.3 is 19.8 Å². The molecule has 0 aliphatic carbocycles. The Kier molecular flexibility index (Phi) is 2.60. The van der Waals surface area contributed by atoms with E-state index in [1.165, 1.54) is 0 Å². The van der Waals surface area contributed by atoms with E-state index in [9.17, 15) is 4.79 Å². The minimum Gasteiger partial charge on any atom is -0.378 e. The first-order valence-electron chi connectivity index (χ1n) is 5.72. The van der Waals surface area contributed by atoms with Crippen molar-refractivity contribution in [2.45, 2.75) is 0 Å². The SMILES string of the molecule is NC(=O)c1cn2ccnc(N3CCOCC3)c2n1. The maximum atomic E-state index is 11.2. The molecule has 0 atom stereocenters. The van der Waals surface area contributed by atoms with Gasteiger partial charge in [0, 0.05) is 31.7 Å². The van der Waals surface area contributed by atoms with Crippen molar-refractivity contribution in [3.05, 3.63) is 24.3 Å². The molecular weight excluding hydrogens is 234 g/mol. The van der Waals surface area contributed by atoms with Crippen LogP contribution in [0, 0.1) is 0 Å². The summed E-state index contributed by atoms with van der Waals surface area (Å²) >= 11 is 0. The molecule has 1 fully saturated rings. The normalized spacial score (nSPS) is 16.1. The Bertz CT molecular complexity index is 588. The molecule has 3 heterocycles. The number of hydrogen-bond acceptors (Lipinski definition) is 5. The van der Waals surface area contributed by atoms with Crippen LogP contribution in [0.2, 0.25) is 0 Å². The molecule has 2 aromatic heterocycles. The molecule has 3 rings (SSSR count). The fourth-order valence-electron chi connectivity index (χ4n) is 2.02. The van der Waals surface area contributed by atoms with E-state index in [2.05, 4.69) is 14.9 Å². The van der Waals surface area contributed by atoms with Gasteiger partial charge in [0.15, 0.2) is 11.5 Å². The van der Waals surface area contributed by atoms with Crippen molar-refractivity contribution >= 4 is 17.4 Å². The summed E-state index contributed by atoms with van der Waals surface area (Å²) in [4.78, 5) is 21.8. The zero-order valence-electron chi connectivity index (χ0n) is 9.74. The molecule has 0 unspecified atom stereocenters. The number of amides is 1. The molecule has 94 valence electrons. The van der Waals surface area contributed by atoms with Crippen LogP contribution in [0.1, 0.15) is 10.5 Å². The highest BCUT2D eigenvalue weighted by molar-refractivity contribution is 5.91. The number of imidazole rings is 1. The molecule has 0 bridgehead atoms. The number of nitrogens with two attached hydrogens (primary N) is 1. The predicted octanol–water partition coefficient (Wildman–Crippen LogP) is -0.335. The number of nitrogens with zero attached hydrogens (tertiary/aromatic N) is 4. The minimum atomic E-state index is -0.536. The van der Waals surface area contributed by atoms with Crippen LogP contribution in [0.25, 0.3) is 5.65 Å². The third-order valence-corrected chi connectivity index (χ3v) is 2.92. The van der Waals surface area contributed by atoms with E-state index in [0.717, 1.165) is 18.9 Å². The number of carbonyl (C=O) groups excluding carboxylic acids is 1. The molecule has 1 aliphatic rings. The molecule has 7 heteroatoms. The lowest BCUT2D eigenvalue weighted by Gasteiger charge is -2.27. The molecule has 0 aromatic carbocycles. The van der Waals surface area contributed by atoms with Crippen molar-refractivity contribution in [2.24, 2.45) is 5.73 Å². The predicted molar refractivity (Wildman–Crippen MR) is 64.5 cm³/mol. The minimum absolute atomic E-state index is 0.248. The van der Waals surface area contributed by atoms with Crippen LogP contribution in [0.4, 0.5) is 5.82 Å². The molecule has 2 N–H and O–H groups in total. The quantitative estimate of drug-likeness (QED) is 0.785. The van der Waals surface area contributed by atoms with Crippen molar-refractivity contribution in [1.82, 2.24) is 14.4 Å². The Hall–Kier alpha value is -2.15. The van der Waals surface area contributed by atoms with Gasteiger partial charge in [-0.2, -0.15) is 0 Å². The molecule has 1 aliphatic heterocycles. The van der Waals surface area contributed by atoms with Gasteiger partial charge in [0.25, 0.3) is 5.91 Å². The number of primary amides is 1. The van der Waals surface area contributed by atoms with Gasteiger partial charge in [0.2, 0.25) is 0 Å². The standard InChI is InChI=1S/C11H13N5O2/c12-9(17)8-7-16-2-1-13-10(11(16)14-8)15-3-5-18-6-4-15/h1-2,7H,3-6H2,(H2,12,17). The molecule has 18 heavy (non-hydrogen) atoms. The highest BCUT2D eigenvalue weighted by Gasteiger charge is 2.18. The van der Waals surface area contributed by atoms with Crippen LogP contribution in [0.3, 0.4) is 0 Å². The summed E-state index contributed by atoms with van der Waals surface area (Å²) in [5.41, 5.74) is 6.13. The van der Waals surface area contributed by atoms with E-state index in [4.69, 9.17) is 10.5 Å². The Morgan fingerprint density at radius 2 is 2.17 bits per heavy atom. The smallest absolute Gasteiger partial charge is 0.268 e. The number of carbonyl (C=O) groups is 1. The van der Waals surface area contributed by atoms with Gasteiger partial charge in [-0.05, 0) is 0 Å². The van der Waals surface area contributed by atoms with Crippen molar-refractivity contribution in [2.75, 3.05) is 31.2 Å². The van der Waals surface area contributed by atoms with Gasteiger partial charge in [0.1, 0.15) is 5.69 Å². The number of ether oxygens (including phenoxy) is 1. The van der Waals surface area contributed by atoms with Gasteiger partial charge in [0.05, 0.1) is 13.2 Å². The zero-order valence-corrected chi connectivity index (χ0v) is 9.74. The second-order valence-electron chi connectivity index (χ2n) is 4.07. The molecule has 7 nitrogen and oxygen atoms in total. The number of morpholine rings is 1. The first kappa shape index (κ1) is 11.0. The summed E-state index contributed by atoms with van der Waals surface area (Å²) in [6.45, 7) is 2.88. The Labute approximate surface area is 103 Å². The summed E-state index contributed by atoms with van der Waals surface area (Å²) in [5.74, 6) is 0.222. The second kappa shape index (κ2) is 4.26. The zero-order chi connectivity index (χ0) is 12.5. The van der Waals surface area contributed by atoms with E-state index in [0.29, 0.717) is 18.9 Å². The van der Waals surface area contributed by atoms with Gasteiger partial charge in [-0.1, -0.05) is 0 Å². The van der Waals surface area contributed by atoms with Gasteiger partial charge in [-0.15, -0.1) is 0 Å². The lowest BCUT2D eigenvalue weighted by Crippen LogP contribution is -2.37. The lowest BCUT2D eigenvalue weighted by atomic mass is 10.4. The van der Waals surface area contributed by atoms with E-state index in [1.807, 2.05) is 0 Å². The van der Waals surface area contributed by atoms with E-state index < -0.39 is 5.91 Å². The van der Waals surface area contributed by atoms with Crippen molar-refractivity contribution < 1.29 is 9.53 Å². The van der Waals surface area contributed by atoms with Gasteiger partial charge in [-0.25, -0.2) is 9.97 Å². The van der Waals surface area contributed by atoms with Crippen molar-refractivity contribution in [3.8, 4) is 0 Å². The summed E-state index contributed by atoms with van der Waals surface area (Å²) in [7, 11) is 0. The van der Waals surface area contributed by atoms with Gasteiger partial charge >= 0.3 is 0 Å². The van der Waals surface area contributed by atoms with E-state index >= 15 is 0 Å². The van der Waals surface area contributed by atoms with Crippen LogP contribution in [0.5, 0.6) is 0 Å². The summed E-state index contributed by atoms with van der Waals surface area (Å²) in [6, 6.07) is 0. The monoisotopic (exact) mass is 247 g/mol. The van der Waals surface area contributed by atoms with Crippen LogP contribution in [-0.2, 0) is 4.74 Å². The topological polar surface area (TPSA) is 85.8 Å². The van der Waals surface area contributed by atoms with Crippen molar-refractivity contribution in [3.63, 3.8) is 0 Å². The molecule has 2 aromatic rings.